The molecule has 2 fully saturated rings. The summed E-state index contributed by atoms with van der Waals surface area (Å²) in [6, 6.07) is 1.57. The van der Waals surface area contributed by atoms with Gasteiger partial charge in [0.1, 0.15) is 5.82 Å². The fourth-order valence-electron chi connectivity index (χ4n) is 2.47. The topological polar surface area (TPSA) is 61.5 Å². The molecule has 1 aromatic rings. The van der Waals surface area contributed by atoms with E-state index in [4.69, 9.17) is 4.74 Å². The molecule has 2 saturated heterocycles. The van der Waals surface area contributed by atoms with Gasteiger partial charge in [-0.05, 0) is 12.8 Å². The summed E-state index contributed by atoms with van der Waals surface area (Å²) in [5.41, 5.74) is -0.0756. The highest BCUT2D eigenvalue weighted by Crippen LogP contribution is 2.18. The van der Waals surface area contributed by atoms with Crippen LogP contribution in [0.4, 0.5) is 11.8 Å². The van der Waals surface area contributed by atoms with Crippen LogP contribution in [0.2, 0.25) is 0 Å². The Morgan fingerprint density at radius 2 is 1.83 bits per heavy atom. The molecule has 0 saturated carbocycles. The lowest BCUT2D eigenvalue weighted by Gasteiger charge is -2.28. The monoisotopic (exact) mass is 250 g/mol. The predicted molar refractivity (Wildman–Crippen MR) is 69.3 cm³/mol. The predicted octanol–water partition coefficient (Wildman–Crippen LogP) is 0.207. The number of nitrogens with one attached hydrogen (secondary N) is 1. The Labute approximate surface area is 106 Å². The molecular weight excluding hydrogens is 232 g/mol. The van der Waals surface area contributed by atoms with Crippen molar-refractivity contribution in [1.29, 1.82) is 0 Å². The Kier molecular flexibility index (Phi) is 3.19. The lowest BCUT2D eigenvalue weighted by Crippen LogP contribution is -2.38. The molecule has 0 amide bonds. The van der Waals surface area contributed by atoms with Crippen LogP contribution in [0.3, 0.4) is 0 Å². The third-order valence-corrected chi connectivity index (χ3v) is 3.46. The van der Waals surface area contributed by atoms with E-state index < -0.39 is 0 Å². The van der Waals surface area contributed by atoms with Gasteiger partial charge in [-0.2, -0.15) is 4.98 Å². The molecule has 6 heteroatoms. The second kappa shape index (κ2) is 4.97. The lowest BCUT2D eigenvalue weighted by atomic mass is 10.4. The van der Waals surface area contributed by atoms with Gasteiger partial charge in [-0.15, -0.1) is 0 Å². The molecule has 0 radical (unpaired) electrons. The third-order valence-electron chi connectivity index (χ3n) is 3.46. The molecule has 98 valence electrons. The number of morpholine rings is 1. The van der Waals surface area contributed by atoms with Crippen molar-refractivity contribution in [3.8, 4) is 0 Å². The number of rotatable bonds is 2. The summed E-state index contributed by atoms with van der Waals surface area (Å²) < 4.78 is 5.32. The molecule has 6 nitrogen and oxygen atoms in total. The van der Waals surface area contributed by atoms with Crippen molar-refractivity contribution >= 4 is 11.8 Å². The minimum absolute atomic E-state index is 0.0756. The first-order valence-electron chi connectivity index (χ1n) is 6.52. The molecule has 0 bridgehead atoms. The van der Waals surface area contributed by atoms with Gasteiger partial charge in [0.05, 0.1) is 13.2 Å². The van der Waals surface area contributed by atoms with Gasteiger partial charge >= 0.3 is 0 Å². The van der Waals surface area contributed by atoms with E-state index in [1.165, 1.54) is 12.8 Å². The second-order valence-electron chi connectivity index (χ2n) is 4.72. The second-order valence-corrected chi connectivity index (χ2v) is 4.72. The Bertz CT molecular complexity index is 461. The molecule has 2 aliphatic heterocycles. The SMILES string of the molecule is O=c1cc(N2CCOCC2)nc(N2CCCC2)[nH]1. The van der Waals surface area contributed by atoms with Crippen LogP contribution in [-0.2, 0) is 4.74 Å². The number of anilines is 2. The highest BCUT2D eigenvalue weighted by molar-refractivity contribution is 5.44. The van der Waals surface area contributed by atoms with Crippen LogP contribution >= 0.6 is 0 Å². The van der Waals surface area contributed by atoms with Gasteiger partial charge in [-0.1, -0.05) is 0 Å². The quantitative estimate of drug-likeness (QED) is 0.813. The van der Waals surface area contributed by atoms with Crippen molar-refractivity contribution in [1.82, 2.24) is 9.97 Å². The number of hydrogen-bond acceptors (Lipinski definition) is 5. The number of ether oxygens (including phenoxy) is 1. The summed E-state index contributed by atoms with van der Waals surface area (Å²) in [5, 5.41) is 0. The Morgan fingerprint density at radius 3 is 2.56 bits per heavy atom. The van der Waals surface area contributed by atoms with Crippen molar-refractivity contribution in [2.24, 2.45) is 0 Å². The number of aromatic amines is 1. The lowest BCUT2D eigenvalue weighted by molar-refractivity contribution is 0.122. The van der Waals surface area contributed by atoms with Crippen LogP contribution < -0.4 is 15.4 Å². The fraction of sp³-hybridized carbons (Fsp3) is 0.667. The minimum atomic E-state index is -0.0756. The molecule has 0 unspecified atom stereocenters. The van der Waals surface area contributed by atoms with Gasteiger partial charge in [0, 0.05) is 32.2 Å². The van der Waals surface area contributed by atoms with Crippen LogP contribution in [0, 0.1) is 0 Å². The molecular formula is C12H18N4O2. The maximum atomic E-state index is 11.7. The summed E-state index contributed by atoms with van der Waals surface area (Å²) in [6.07, 6.45) is 2.34. The Hall–Kier alpha value is -1.56. The van der Waals surface area contributed by atoms with Gasteiger partial charge in [0.2, 0.25) is 5.95 Å². The van der Waals surface area contributed by atoms with Crippen LogP contribution in [-0.4, -0.2) is 49.4 Å². The van der Waals surface area contributed by atoms with Crippen LogP contribution in [0.25, 0.3) is 0 Å². The van der Waals surface area contributed by atoms with Crippen LogP contribution in [0.1, 0.15) is 12.8 Å². The Morgan fingerprint density at radius 1 is 1.11 bits per heavy atom. The smallest absolute Gasteiger partial charge is 0.254 e. The molecule has 1 N–H and O–H groups in total. The van der Waals surface area contributed by atoms with Crippen molar-refractivity contribution in [3.05, 3.63) is 16.4 Å². The highest BCUT2D eigenvalue weighted by Gasteiger charge is 2.18. The van der Waals surface area contributed by atoms with E-state index in [0.717, 1.165) is 32.0 Å². The van der Waals surface area contributed by atoms with Gasteiger partial charge in [-0.3, -0.25) is 9.78 Å². The van der Waals surface area contributed by atoms with Crippen LogP contribution in [0.15, 0.2) is 10.9 Å². The number of H-pyrrole nitrogens is 1. The molecule has 3 rings (SSSR count). The van der Waals surface area contributed by atoms with E-state index in [2.05, 4.69) is 19.8 Å². The van der Waals surface area contributed by atoms with E-state index >= 15 is 0 Å². The normalized spacial score (nSPS) is 20.4. The molecule has 0 atom stereocenters. The maximum absolute atomic E-state index is 11.7. The molecule has 2 aliphatic rings. The van der Waals surface area contributed by atoms with Gasteiger partial charge in [0.25, 0.3) is 5.56 Å². The number of aromatic nitrogens is 2. The average molecular weight is 250 g/mol. The first kappa shape index (κ1) is 11.5. The molecule has 0 aliphatic carbocycles. The van der Waals surface area contributed by atoms with Crippen molar-refractivity contribution in [2.45, 2.75) is 12.8 Å². The summed E-state index contributed by atoms with van der Waals surface area (Å²) in [6.45, 7) is 4.97. The number of hydrogen-bond donors (Lipinski definition) is 1. The van der Waals surface area contributed by atoms with Crippen molar-refractivity contribution < 1.29 is 4.74 Å². The van der Waals surface area contributed by atoms with E-state index in [1.807, 2.05) is 0 Å². The zero-order valence-corrected chi connectivity index (χ0v) is 10.4. The molecule has 1 aromatic heterocycles. The average Bonchev–Trinajstić information content (AvgIpc) is 2.93. The summed E-state index contributed by atoms with van der Waals surface area (Å²) in [7, 11) is 0. The largest absolute Gasteiger partial charge is 0.378 e. The first-order chi connectivity index (χ1) is 8.83. The van der Waals surface area contributed by atoms with Crippen molar-refractivity contribution in [3.63, 3.8) is 0 Å². The standard InChI is InChI=1S/C12H18N4O2/c17-11-9-10(15-5-7-18-8-6-15)13-12(14-11)16-3-1-2-4-16/h9H,1-8H2,(H,13,14,17). The van der Waals surface area contributed by atoms with E-state index in [0.29, 0.717) is 19.2 Å². The zero-order valence-electron chi connectivity index (χ0n) is 10.4. The van der Waals surface area contributed by atoms with Gasteiger partial charge in [-0.25, -0.2) is 0 Å². The molecule has 18 heavy (non-hydrogen) atoms. The summed E-state index contributed by atoms with van der Waals surface area (Å²) in [5.74, 6) is 1.48. The van der Waals surface area contributed by atoms with Crippen molar-refractivity contribution in [2.75, 3.05) is 49.2 Å². The zero-order chi connectivity index (χ0) is 12.4. The van der Waals surface area contributed by atoms with E-state index in [-0.39, 0.29) is 5.56 Å². The van der Waals surface area contributed by atoms with Gasteiger partial charge < -0.3 is 14.5 Å². The van der Waals surface area contributed by atoms with E-state index in [9.17, 15) is 4.79 Å². The Balaban J connectivity index is 1.87. The third kappa shape index (κ3) is 2.33. The van der Waals surface area contributed by atoms with E-state index in [1.54, 1.807) is 6.07 Å². The summed E-state index contributed by atoms with van der Waals surface area (Å²) in [4.78, 5) is 23.4. The molecule has 0 spiro atoms. The first-order valence-corrected chi connectivity index (χ1v) is 6.52. The summed E-state index contributed by atoms with van der Waals surface area (Å²) >= 11 is 0. The minimum Gasteiger partial charge on any atom is -0.378 e. The van der Waals surface area contributed by atoms with Gasteiger partial charge in [0.15, 0.2) is 0 Å². The molecule has 0 aromatic carbocycles. The maximum Gasteiger partial charge on any atom is 0.254 e. The highest BCUT2D eigenvalue weighted by atomic mass is 16.5. The van der Waals surface area contributed by atoms with Crippen LogP contribution in [0.5, 0.6) is 0 Å². The fourth-order valence-corrected chi connectivity index (χ4v) is 2.47. The number of nitrogens with zero attached hydrogens (tertiary/aromatic N) is 3. The molecule has 3 heterocycles.